The number of amides is 2. The van der Waals surface area contributed by atoms with Gasteiger partial charge < -0.3 is 15.1 Å². The lowest BCUT2D eigenvalue weighted by Gasteiger charge is -2.09. The van der Waals surface area contributed by atoms with E-state index in [2.05, 4.69) is 16.0 Å². The van der Waals surface area contributed by atoms with Crippen LogP contribution in [0.2, 0.25) is 0 Å². The van der Waals surface area contributed by atoms with Crippen LogP contribution in [0.4, 0.5) is 5.69 Å². The Labute approximate surface area is 196 Å². The maximum Gasteiger partial charge on any atom is 0.251 e. The van der Waals surface area contributed by atoms with Crippen molar-refractivity contribution in [1.82, 2.24) is 10.6 Å². The van der Waals surface area contributed by atoms with Gasteiger partial charge in [0.2, 0.25) is 5.91 Å². The first kappa shape index (κ1) is 22.0. The molecule has 4 rings (SSSR count). The molecular weight excluding hydrogens is 434 g/mol. The van der Waals surface area contributed by atoms with Crippen molar-refractivity contribution in [2.24, 2.45) is 0 Å². The van der Waals surface area contributed by atoms with Gasteiger partial charge in [-0.2, -0.15) is 0 Å². The van der Waals surface area contributed by atoms with Crippen molar-refractivity contribution < 1.29 is 14.0 Å². The summed E-state index contributed by atoms with van der Waals surface area (Å²) in [5.74, 6) is 0.124. The van der Waals surface area contributed by atoms with Crippen LogP contribution < -0.4 is 16.0 Å². The molecule has 2 amide bonds. The minimum absolute atomic E-state index is 0.164. The highest BCUT2D eigenvalue weighted by Gasteiger charge is 2.07. The minimum Gasteiger partial charge on any atom is -0.467 e. The van der Waals surface area contributed by atoms with E-state index in [4.69, 9.17) is 16.6 Å². The molecule has 0 spiro atoms. The molecule has 4 aromatic rings. The van der Waals surface area contributed by atoms with E-state index >= 15 is 0 Å². The van der Waals surface area contributed by atoms with Crippen molar-refractivity contribution in [1.29, 1.82) is 0 Å². The van der Waals surface area contributed by atoms with Crippen LogP contribution in [0, 0.1) is 0 Å². The smallest absolute Gasteiger partial charge is 0.251 e. The molecule has 1 aromatic heterocycles. The number of thiocarbonyl (C=S) groups is 1. The van der Waals surface area contributed by atoms with Crippen molar-refractivity contribution in [3.63, 3.8) is 0 Å². The Morgan fingerprint density at radius 1 is 0.909 bits per heavy atom. The summed E-state index contributed by atoms with van der Waals surface area (Å²) in [4.78, 5) is 24.5. The molecule has 0 atom stereocenters. The number of hydrogen-bond acceptors (Lipinski definition) is 4. The molecule has 0 radical (unpaired) electrons. The first-order valence-corrected chi connectivity index (χ1v) is 10.7. The summed E-state index contributed by atoms with van der Waals surface area (Å²) in [5, 5.41) is 10.7. The zero-order chi connectivity index (χ0) is 23.0. The molecule has 1 heterocycles. The lowest BCUT2D eigenvalue weighted by molar-refractivity contribution is -0.115. The predicted molar refractivity (Wildman–Crippen MR) is 134 cm³/mol. The third kappa shape index (κ3) is 5.93. The molecule has 0 aliphatic carbocycles. The van der Waals surface area contributed by atoms with Crippen molar-refractivity contribution in [3.8, 4) is 0 Å². The molecule has 3 N–H and O–H groups in total. The van der Waals surface area contributed by atoms with Crippen LogP contribution in [-0.4, -0.2) is 16.9 Å². The molecule has 0 saturated carbocycles. The van der Waals surface area contributed by atoms with Gasteiger partial charge in [0, 0.05) is 17.3 Å². The Balaban J connectivity index is 1.29. The number of hydrogen-bond donors (Lipinski definition) is 3. The van der Waals surface area contributed by atoms with Crippen LogP contribution in [-0.2, 0) is 11.3 Å². The number of fused-ring (bicyclic) bond motifs is 1. The van der Waals surface area contributed by atoms with Gasteiger partial charge in [0.1, 0.15) is 5.76 Å². The summed E-state index contributed by atoms with van der Waals surface area (Å²) < 4.78 is 5.20. The SMILES string of the molecule is O=C(/C=C/c1cccc2ccccc12)NC(=S)Nc1ccc(C(=O)NCc2ccco2)cc1. The van der Waals surface area contributed by atoms with E-state index in [1.165, 1.54) is 6.08 Å². The number of carbonyl (C=O) groups excluding carboxylic acids is 2. The quantitative estimate of drug-likeness (QED) is 0.285. The van der Waals surface area contributed by atoms with Gasteiger partial charge in [-0.3, -0.25) is 14.9 Å². The van der Waals surface area contributed by atoms with E-state index in [-0.39, 0.29) is 16.9 Å². The fourth-order valence-electron chi connectivity index (χ4n) is 3.26. The zero-order valence-electron chi connectivity index (χ0n) is 17.6. The average Bonchev–Trinajstić information content (AvgIpc) is 3.35. The first-order chi connectivity index (χ1) is 16.1. The summed E-state index contributed by atoms with van der Waals surface area (Å²) in [6, 6.07) is 24.2. The number of carbonyl (C=O) groups is 2. The molecule has 0 aliphatic rings. The number of anilines is 1. The van der Waals surface area contributed by atoms with Gasteiger partial charge >= 0.3 is 0 Å². The summed E-state index contributed by atoms with van der Waals surface area (Å²) >= 11 is 5.23. The summed E-state index contributed by atoms with van der Waals surface area (Å²) in [5.41, 5.74) is 2.10. The molecule has 0 bridgehead atoms. The van der Waals surface area contributed by atoms with Gasteiger partial charge in [-0.05, 0) is 71.0 Å². The van der Waals surface area contributed by atoms with Crippen LogP contribution in [0.1, 0.15) is 21.7 Å². The second-order valence-electron chi connectivity index (χ2n) is 7.18. The van der Waals surface area contributed by atoms with E-state index in [0.717, 1.165) is 16.3 Å². The topological polar surface area (TPSA) is 83.4 Å². The van der Waals surface area contributed by atoms with E-state index in [0.29, 0.717) is 23.6 Å². The highest BCUT2D eigenvalue weighted by molar-refractivity contribution is 7.80. The fraction of sp³-hybridized carbons (Fsp3) is 0.0385. The van der Waals surface area contributed by atoms with Crippen molar-refractivity contribution in [2.75, 3.05) is 5.32 Å². The Hall–Kier alpha value is -4.23. The Kier molecular flexibility index (Phi) is 6.92. The second kappa shape index (κ2) is 10.4. The monoisotopic (exact) mass is 455 g/mol. The number of furan rings is 1. The van der Waals surface area contributed by atoms with Crippen LogP contribution in [0.5, 0.6) is 0 Å². The third-order valence-electron chi connectivity index (χ3n) is 4.88. The van der Waals surface area contributed by atoms with Gasteiger partial charge in [0.15, 0.2) is 5.11 Å². The molecular formula is C26H21N3O3S. The minimum atomic E-state index is -0.339. The zero-order valence-corrected chi connectivity index (χ0v) is 18.4. The predicted octanol–water partition coefficient (Wildman–Crippen LogP) is 4.89. The molecule has 164 valence electrons. The van der Waals surface area contributed by atoms with Crippen LogP contribution in [0.3, 0.4) is 0 Å². The standard InChI is InChI=1S/C26H21N3O3S/c30-24(15-12-19-7-3-6-18-5-1-2-9-23(18)19)29-26(33)28-21-13-10-20(11-14-21)25(31)27-17-22-8-4-16-32-22/h1-16H,17H2,(H,27,31)(H2,28,29,30,33)/b15-12+. The Morgan fingerprint density at radius 3 is 2.48 bits per heavy atom. The highest BCUT2D eigenvalue weighted by Crippen LogP contribution is 2.19. The van der Waals surface area contributed by atoms with Gasteiger partial charge in [-0.25, -0.2) is 0 Å². The van der Waals surface area contributed by atoms with Crippen molar-refractivity contribution in [2.45, 2.75) is 6.54 Å². The van der Waals surface area contributed by atoms with Gasteiger partial charge in [0.05, 0.1) is 12.8 Å². The fourth-order valence-corrected chi connectivity index (χ4v) is 3.48. The van der Waals surface area contributed by atoms with Gasteiger partial charge in [-0.15, -0.1) is 0 Å². The summed E-state index contributed by atoms with van der Waals surface area (Å²) in [6.45, 7) is 0.314. The van der Waals surface area contributed by atoms with Gasteiger partial charge in [-0.1, -0.05) is 42.5 Å². The van der Waals surface area contributed by atoms with Crippen molar-refractivity contribution in [3.05, 3.63) is 108 Å². The van der Waals surface area contributed by atoms with Crippen LogP contribution in [0.15, 0.2) is 95.6 Å². The Morgan fingerprint density at radius 2 is 1.70 bits per heavy atom. The van der Waals surface area contributed by atoms with E-state index < -0.39 is 0 Å². The largest absolute Gasteiger partial charge is 0.467 e. The molecule has 3 aromatic carbocycles. The second-order valence-corrected chi connectivity index (χ2v) is 7.59. The third-order valence-corrected chi connectivity index (χ3v) is 5.09. The lowest BCUT2D eigenvalue weighted by Crippen LogP contribution is -2.32. The molecule has 33 heavy (non-hydrogen) atoms. The normalized spacial score (nSPS) is 10.8. The van der Waals surface area contributed by atoms with E-state index in [1.54, 1.807) is 48.7 Å². The molecule has 7 heteroatoms. The first-order valence-electron chi connectivity index (χ1n) is 10.3. The molecule has 0 aliphatic heterocycles. The Bertz CT molecular complexity index is 1310. The number of rotatable bonds is 6. The van der Waals surface area contributed by atoms with Crippen LogP contribution >= 0.6 is 12.2 Å². The number of nitrogens with one attached hydrogen (secondary N) is 3. The lowest BCUT2D eigenvalue weighted by atomic mass is 10.0. The van der Waals surface area contributed by atoms with E-state index in [9.17, 15) is 9.59 Å². The van der Waals surface area contributed by atoms with Crippen LogP contribution in [0.25, 0.3) is 16.8 Å². The molecule has 0 saturated heterocycles. The summed E-state index contributed by atoms with van der Waals surface area (Å²) in [6.07, 6.45) is 4.77. The van der Waals surface area contributed by atoms with Gasteiger partial charge in [0.25, 0.3) is 5.91 Å². The average molecular weight is 456 g/mol. The highest BCUT2D eigenvalue weighted by atomic mass is 32.1. The molecule has 0 fully saturated rings. The van der Waals surface area contributed by atoms with E-state index in [1.807, 2.05) is 42.5 Å². The van der Waals surface area contributed by atoms with Crippen molar-refractivity contribution >= 4 is 51.7 Å². The number of benzene rings is 3. The maximum atomic E-state index is 12.3. The summed E-state index contributed by atoms with van der Waals surface area (Å²) in [7, 11) is 0. The molecule has 6 nitrogen and oxygen atoms in total. The molecule has 0 unspecified atom stereocenters. The maximum absolute atomic E-state index is 12.3.